The smallest absolute Gasteiger partial charge is 0.0714 e. The van der Waals surface area contributed by atoms with Crippen molar-refractivity contribution >= 4 is 80.1 Å². The van der Waals surface area contributed by atoms with Gasteiger partial charge in [0, 0.05) is 57.3 Å². The zero-order chi connectivity index (χ0) is 46.2. The van der Waals surface area contributed by atoms with Crippen molar-refractivity contribution in [3.8, 4) is 44.5 Å². The van der Waals surface area contributed by atoms with Gasteiger partial charge in [0.2, 0.25) is 0 Å². The van der Waals surface area contributed by atoms with E-state index in [4.69, 9.17) is 0 Å². The van der Waals surface area contributed by atoms with Crippen LogP contribution in [0.4, 0.5) is 17.1 Å². The number of nitrogens with zero attached hydrogens (tertiary/aromatic N) is 1. The number of hydrogen-bond acceptors (Lipinski definition) is 3. The third-order valence-corrected chi connectivity index (χ3v) is 16.9. The van der Waals surface area contributed by atoms with Crippen LogP contribution >= 0.6 is 22.7 Å². The average Bonchev–Trinajstić information content (AvgIpc) is 4.10. The summed E-state index contributed by atoms with van der Waals surface area (Å²) in [7, 11) is 0. The number of anilines is 3. The molecule has 328 valence electrons. The van der Waals surface area contributed by atoms with E-state index in [0.717, 1.165) is 17.1 Å². The molecule has 70 heavy (non-hydrogen) atoms. The van der Waals surface area contributed by atoms with Gasteiger partial charge in [-0.25, -0.2) is 0 Å². The lowest BCUT2D eigenvalue weighted by molar-refractivity contribution is 0.768. The predicted molar refractivity (Wildman–Crippen MR) is 301 cm³/mol. The van der Waals surface area contributed by atoms with Crippen LogP contribution in [0.1, 0.15) is 22.3 Å². The van der Waals surface area contributed by atoms with Crippen molar-refractivity contribution in [2.24, 2.45) is 0 Å². The maximum absolute atomic E-state index is 2.47. The summed E-state index contributed by atoms with van der Waals surface area (Å²) < 4.78 is 5.29. The van der Waals surface area contributed by atoms with Crippen LogP contribution in [0.5, 0.6) is 0 Å². The van der Waals surface area contributed by atoms with Gasteiger partial charge in [0.25, 0.3) is 0 Å². The molecule has 1 nitrogen and oxygen atoms in total. The number of thiophene rings is 2. The third-order valence-electron chi connectivity index (χ3n) is 14.6. The number of benzene rings is 11. The average molecular weight is 926 g/mol. The van der Waals surface area contributed by atoms with Crippen molar-refractivity contribution in [2.75, 3.05) is 4.90 Å². The molecule has 0 amide bonds. The lowest BCUT2D eigenvalue weighted by Crippen LogP contribution is -2.28. The molecule has 3 heteroatoms. The summed E-state index contributed by atoms with van der Waals surface area (Å²) in [4.78, 5) is 2.47. The highest BCUT2D eigenvalue weighted by Crippen LogP contribution is 2.59. The van der Waals surface area contributed by atoms with Gasteiger partial charge < -0.3 is 4.90 Å². The molecule has 0 unspecified atom stereocenters. The number of hydrogen-bond donors (Lipinski definition) is 0. The lowest BCUT2D eigenvalue weighted by Gasteiger charge is -2.34. The summed E-state index contributed by atoms with van der Waals surface area (Å²) in [6.07, 6.45) is 0. The highest BCUT2D eigenvalue weighted by Gasteiger charge is 2.47. The summed E-state index contributed by atoms with van der Waals surface area (Å²) in [5, 5.41) is 5.27. The molecule has 0 spiro atoms. The second kappa shape index (κ2) is 16.4. The Morgan fingerprint density at radius 2 is 0.714 bits per heavy atom. The van der Waals surface area contributed by atoms with Crippen molar-refractivity contribution in [1.82, 2.24) is 0 Å². The number of fused-ring (bicyclic) bond motifs is 9. The Hall–Kier alpha value is -8.34. The van der Waals surface area contributed by atoms with Gasteiger partial charge in [0.05, 0.1) is 11.1 Å². The molecule has 0 radical (unpaired) electrons. The molecule has 0 N–H and O–H groups in total. The van der Waals surface area contributed by atoms with Crippen molar-refractivity contribution in [3.63, 3.8) is 0 Å². The maximum atomic E-state index is 2.47. The monoisotopic (exact) mass is 925 g/mol. The molecule has 2 heterocycles. The van der Waals surface area contributed by atoms with E-state index in [1.807, 2.05) is 22.7 Å². The third kappa shape index (κ3) is 6.43. The van der Waals surface area contributed by atoms with Gasteiger partial charge in [-0.1, -0.05) is 188 Å². The van der Waals surface area contributed by atoms with Gasteiger partial charge in [-0.3, -0.25) is 0 Å². The molecule has 11 aromatic carbocycles. The van der Waals surface area contributed by atoms with E-state index in [-0.39, 0.29) is 0 Å². The fourth-order valence-electron chi connectivity index (χ4n) is 11.4. The molecule has 2 aromatic heterocycles. The lowest BCUT2D eigenvalue weighted by atomic mass is 9.68. The fourth-order valence-corrected chi connectivity index (χ4v) is 13.6. The van der Waals surface area contributed by atoms with E-state index in [0.29, 0.717) is 0 Å². The minimum absolute atomic E-state index is 0.514. The minimum Gasteiger partial charge on any atom is -0.310 e. The van der Waals surface area contributed by atoms with Crippen molar-refractivity contribution in [2.45, 2.75) is 5.41 Å². The standard InChI is InChI=1S/C67H43NS2/c1-3-17-50(18-4-1)67(51-19-5-2-6-20-51)59-24-10-7-23-56(59)66-60(67)25-14-26-61(66)68(53-37-31-45(32-38-53)48-33-39-64-57(42-48)54-21-8-11-27-62(54)69-64)52-35-29-44(30-36-52)46-15-13-16-47(41-46)49-34-40-65-58(43-49)55-22-9-12-28-63(55)70-65/h1-43H. The highest BCUT2D eigenvalue weighted by atomic mass is 32.1. The van der Waals surface area contributed by atoms with Crippen LogP contribution in [-0.4, -0.2) is 0 Å². The molecule has 14 rings (SSSR count). The van der Waals surface area contributed by atoms with E-state index >= 15 is 0 Å². The minimum atomic E-state index is -0.514. The fraction of sp³-hybridized carbons (Fsp3) is 0.0149. The SMILES string of the molecule is c1ccc(C2(c3ccccc3)c3ccccc3-c3c(N(c4ccc(-c5cccc(-c6ccc7sc8ccccc8c7c6)c5)cc4)c4ccc(-c5ccc6sc7ccccc7c6c5)cc4)cccc32)cc1. The highest BCUT2D eigenvalue weighted by molar-refractivity contribution is 7.26. The van der Waals surface area contributed by atoms with Gasteiger partial charge >= 0.3 is 0 Å². The summed E-state index contributed by atoms with van der Waals surface area (Å²) >= 11 is 3.73. The molecule has 0 fully saturated rings. The van der Waals surface area contributed by atoms with Crippen LogP contribution in [0.25, 0.3) is 84.9 Å². The van der Waals surface area contributed by atoms with Crippen LogP contribution in [0.3, 0.4) is 0 Å². The first-order valence-corrected chi connectivity index (χ1v) is 25.6. The zero-order valence-electron chi connectivity index (χ0n) is 38.1. The van der Waals surface area contributed by atoms with Gasteiger partial charge in [-0.05, 0) is 134 Å². The first-order valence-electron chi connectivity index (χ1n) is 24.0. The van der Waals surface area contributed by atoms with Gasteiger partial charge in [-0.2, -0.15) is 0 Å². The number of rotatable bonds is 8. The first kappa shape index (κ1) is 40.7. The van der Waals surface area contributed by atoms with Crippen LogP contribution in [0.2, 0.25) is 0 Å². The summed E-state index contributed by atoms with van der Waals surface area (Å²) in [6, 6.07) is 96.9. The van der Waals surface area contributed by atoms with Crippen LogP contribution in [0.15, 0.2) is 261 Å². The van der Waals surface area contributed by atoms with Crippen molar-refractivity contribution in [1.29, 1.82) is 0 Å². The topological polar surface area (TPSA) is 3.24 Å². The van der Waals surface area contributed by atoms with Crippen LogP contribution in [0, 0.1) is 0 Å². The zero-order valence-corrected chi connectivity index (χ0v) is 39.7. The quantitative estimate of drug-likeness (QED) is 0.147. The Morgan fingerprint density at radius 1 is 0.286 bits per heavy atom. The van der Waals surface area contributed by atoms with E-state index in [1.165, 1.54) is 107 Å². The predicted octanol–water partition coefficient (Wildman–Crippen LogP) is 19.3. The Bertz CT molecular complexity index is 4070. The van der Waals surface area contributed by atoms with Crippen LogP contribution in [-0.2, 0) is 5.41 Å². The van der Waals surface area contributed by atoms with E-state index in [2.05, 4.69) is 266 Å². The second-order valence-corrected chi connectivity index (χ2v) is 20.5. The summed E-state index contributed by atoms with van der Waals surface area (Å²) in [5.41, 5.74) is 17.6. The van der Waals surface area contributed by atoms with E-state index in [1.54, 1.807) is 0 Å². The molecule has 0 atom stereocenters. The van der Waals surface area contributed by atoms with Gasteiger partial charge in [-0.15, -0.1) is 22.7 Å². The second-order valence-electron chi connectivity index (χ2n) is 18.4. The normalized spacial score (nSPS) is 12.7. The van der Waals surface area contributed by atoms with Gasteiger partial charge in [0.1, 0.15) is 0 Å². The summed E-state index contributed by atoms with van der Waals surface area (Å²) in [5.74, 6) is 0. The molecular formula is C67H43NS2. The molecule has 1 aliphatic rings. The largest absolute Gasteiger partial charge is 0.310 e. The molecule has 0 bridgehead atoms. The van der Waals surface area contributed by atoms with Crippen molar-refractivity contribution in [3.05, 3.63) is 283 Å². The Morgan fingerprint density at radius 3 is 1.30 bits per heavy atom. The van der Waals surface area contributed by atoms with Gasteiger partial charge in [0.15, 0.2) is 0 Å². The Kier molecular flexibility index (Phi) is 9.55. The molecule has 0 saturated heterocycles. The maximum Gasteiger partial charge on any atom is 0.0714 e. The Balaban J connectivity index is 0.915. The summed E-state index contributed by atoms with van der Waals surface area (Å²) in [6.45, 7) is 0. The van der Waals surface area contributed by atoms with E-state index in [9.17, 15) is 0 Å². The molecule has 13 aromatic rings. The Labute approximate surface area is 415 Å². The van der Waals surface area contributed by atoms with E-state index < -0.39 is 5.41 Å². The molecular weight excluding hydrogens is 883 g/mol. The molecule has 0 saturated carbocycles. The molecule has 0 aliphatic heterocycles. The van der Waals surface area contributed by atoms with Crippen LogP contribution < -0.4 is 4.90 Å². The van der Waals surface area contributed by atoms with Crippen molar-refractivity contribution < 1.29 is 0 Å². The molecule has 1 aliphatic carbocycles. The first-order chi connectivity index (χ1) is 34.7.